The van der Waals surface area contributed by atoms with Gasteiger partial charge in [-0.05, 0) is 23.8 Å². The highest BCUT2D eigenvalue weighted by Crippen LogP contribution is 2.38. The van der Waals surface area contributed by atoms with E-state index in [1.54, 1.807) is 0 Å². The zero-order valence-corrected chi connectivity index (χ0v) is 8.23. The second-order valence-corrected chi connectivity index (χ2v) is 3.71. The molecule has 0 saturated heterocycles. The maximum absolute atomic E-state index is 5.92. The first kappa shape index (κ1) is 8.36. The second kappa shape index (κ2) is 3.02. The lowest BCUT2D eigenvalue weighted by atomic mass is 9.99. The molecule has 2 nitrogen and oxygen atoms in total. The van der Waals surface area contributed by atoms with Crippen molar-refractivity contribution in [2.24, 2.45) is 0 Å². The zero-order valence-electron chi connectivity index (χ0n) is 8.23. The molecule has 0 radical (unpaired) electrons. The highest BCUT2D eigenvalue weighted by Gasteiger charge is 2.17. The Morgan fingerprint density at radius 3 is 2.67 bits per heavy atom. The summed E-state index contributed by atoms with van der Waals surface area (Å²) < 4.78 is 5.78. The lowest BCUT2D eigenvalue weighted by molar-refractivity contribution is 0.460. The number of fused-ring (bicyclic) bond motifs is 2. The molecule has 74 valence electrons. The van der Waals surface area contributed by atoms with Gasteiger partial charge in [-0.25, -0.2) is 0 Å². The predicted octanol–water partition coefficient (Wildman–Crippen LogP) is 2.97. The van der Waals surface area contributed by atoms with Gasteiger partial charge in [-0.15, -0.1) is 0 Å². The maximum Gasteiger partial charge on any atom is 0.133 e. The van der Waals surface area contributed by atoms with Crippen molar-refractivity contribution >= 4 is 5.69 Å². The van der Waals surface area contributed by atoms with E-state index in [2.05, 4.69) is 6.07 Å². The fourth-order valence-corrected chi connectivity index (χ4v) is 1.93. The van der Waals surface area contributed by atoms with Gasteiger partial charge >= 0.3 is 0 Å². The van der Waals surface area contributed by atoms with Gasteiger partial charge in [0.15, 0.2) is 0 Å². The molecule has 1 heterocycles. The molecule has 3 rings (SSSR count). The molecule has 0 spiro atoms. The Kier molecular flexibility index (Phi) is 1.68. The molecule has 2 aromatic carbocycles. The van der Waals surface area contributed by atoms with Crippen LogP contribution in [0.3, 0.4) is 0 Å². The molecule has 15 heavy (non-hydrogen) atoms. The minimum atomic E-state index is 0.807. The van der Waals surface area contributed by atoms with Crippen LogP contribution < -0.4 is 10.5 Å². The zero-order chi connectivity index (χ0) is 10.3. The van der Waals surface area contributed by atoms with Crippen molar-refractivity contribution in [3.8, 4) is 11.5 Å². The van der Waals surface area contributed by atoms with Gasteiger partial charge in [-0.2, -0.15) is 0 Å². The van der Waals surface area contributed by atoms with Gasteiger partial charge in [0.25, 0.3) is 0 Å². The summed E-state index contributed by atoms with van der Waals surface area (Å²) in [4.78, 5) is 0. The predicted molar refractivity (Wildman–Crippen MR) is 60.2 cm³/mol. The van der Waals surface area contributed by atoms with Crippen molar-refractivity contribution in [2.45, 2.75) is 6.42 Å². The Morgan fingerprint density at radius 1 is 0.933 bits per heavy atom. The van der Waals surface area contributed by atoms with Crippen LogP contribution in [0.4, 0.5) is 5.69 Å². The molecule has 0 fully saturated rings. The van der Waals surface area contributed by atoms with E-state index in [1.165, 1.54) is 5.56 Å². The Balaban J connectivity index is 2.15. The third-order valence-electron chi connectivity index (χ3n) is 2.73. The van der Waals surface area contributed by atoms with Gasteiger partial charge in [-0.1, -0.05) is 24.3 Å². The largest absolute Gasteiger partial charge is 0.457 e. The van der Waals surface area contributed by atoms with Crippen molar-refractivity contribution in [2.75, 3.05) is 5.73 Å². The lowest BCUT2D eigenvalue weighted by Crippen LogP contribution is -2.05. The second-order valence-electron chi connectivity index (χ2n) is 3.71. The minimum absolute atomic E-state index is 0.807. The summed E-state index contributed by atoms with van der Waals surface area (Å²) in [5.41, 5.74) is 9.02. The Morgan fingerprint density at radius 2 is 1.73 bits per heavy atom. The van der Waals surface area contributed by atoms with Gasteiger partial charge in [0.05, 0.1) is 0 Å². The summed E-state index contributed by atoms with van der Waals surface area (Å²) in [6.07, 6.45) is 0.859. The number of nitrogen functional groups attached to an aromatic ring is 1. The van der Waals surface area contributed by atoms with E-state index in [0.29, 0.717) is 0 Å². The van der Waals surface area contributed by atoms with Crippen molar-refractivity contribution in [3.05, 3.63) is 53.6 Å². The molecule has 0 saturated carbocycles. The van der Waals surface area contributed by atoms with Crippen LogP contribution in [0.15, 0.2) is 42.5 Å². The number of ether oxygens (including phenoxy) is 1. The summed E-state index contributed by atoms with van der Waals surface area (Å²) in [7, 11) is 0. The number of para-hydroxylation sites is 1. The van der Waals surface area contributed by atoms with Gasteiger partial charge < -0.3 is 10.5 Å². The summed E-state index contributed by atoms with van der Waals surface area (Å²) >= 11 is 0. The summed E-state index contributed by atoms with van der Waals surface area (Å²) in [5, 5.41) is 0. The highest BCUT2D eigenvalue weighted by atomic mass is 16.5. The van der Waals surface area contributed by atoms with Crippen LogP contribution in [-0.2, 0) is 6.42 Å². The van der Waals surface area contributed by atoms with E-state index in [9.17, 15) is 0 Å². The molecule has 0 aromatic heterocycles. The Bertz CT molecular complexity index is 520. The maximum atomic E-state index is 5.92. The first-order valence-electron chi connectivity index (χ1n) is 4.98. The average molecular weight is 197 g/mol. The van der Waals surface area contributed by atoms with Gasteiger partial charge in [0, 0.05) is 17.7 Å². The quantitative estimate of drug-likeness (QED) is 0.562. The van der Waals surface area contributed by atoms with E-state index in [4.69, 9.17) is 10.5 Å². The van der Waals surface area contributed by atoms with Gasteiger partial charge in [-0.3, -0.25) is 0 Å². The summed E-state index contributed by atoms with van der Waals surface area (Å²) in [6, 6.07) is 13.9. The molecule has 0 bridgehead atoms. The smallest absolute Gasteiger partial charge is 0.133 e. The van der Waals surface area contributed by atoms with E-state index >= 15 is 0 Å². The molecule has 2 heteroatoms. The van der Waals surface area contributed by atoms with E-state index < -0.39 is 0 Å². The molecule has 2 aromatic rings. The topological polar surface area (TPSA) is 35.2 Å². The molecule has 0 aliphatic carbocycles. The van der Waals surface area contributed by atoms with Crippen LogP contribution >= 0.6 is 0 Å². The lowest BCUT2D eigenvalue weighted by Gasteiger charge is -2.21. The number of rotatable bonds is 0. The van der Waals surface area contributed by atoms with Crippen LogP contribution in [0.1, 0.15) is 11.1 Å². The van der Waals surface area contributed by atoms with Crippen molar-refractivity contribution < 1.29 is 4.74 Å². The molecular formula is C13H11NO. The molecule has 0 atom stereocenters. The van der Waals surface area contributed by atoms with E-state index in [-0.39, 0.29) is 0 Å². The molecular weight excluding hydrogens is 186 g/mol. The van der Waals surface area contributed by atoms with Crippen molar-refractivity contribution in [1.29, 1.82) is 0 Å². The Hall–Kier alpha value is -1.96. The van der Waals surface area contributed by atoms with Crippen LogP contribution in [0, 0.1) is 0 Å². The molecule has 1 aliphatic rings. The first-order valence-corrected chi connectivity index (χ1v) is 4.98. The number of anilines is 1. The number of nitrogens with two attached hydrogens (primary N) is 1. The summed E-state index contributed by atoms with van der Waals surface area (Å²) in [6.45, 7) is 0. The normalized spacial score (nSPS) is 12.5. The SMILES string of the molecule is Nc1cccc2c1Cc1ccccc1O2. The molecule has 1 aliphatic heterocycles. The van der Waals surface area contributed by atoms with Crippen LogP contribution in [-0.4, -0.2) is 0 Å². The third kappa shape index (κ3) is 1.26. The van der Waals surface area contributed by atoms with Crippen molar-refractivity contribution in [1.82, 2.24) is 0 Å². The van der Waals surface area contributed by atoms with Crippen molar-refractivity contribution in [3.63, 3.8) is 0 Å². The number of benzene rings is 2. The number of hydrogen-bond acceptors (Lipinski definition) is 2. The molecule has 2 N–H and O–H groups in total. The Labute approximate surface area is 88.3 Å². The monoisotopic (exact) mass is 197 g/mol. The summed E-state index contributed by atoms with van der Waals surface area (Å²) in [5.74, 6) is 1.82. The standard InChI is InChI=1S/C13H11NO/c14-11-5-3-7-13-10(11)8-9-4-1-2-6-12(9)15-13/h1-7H,8,14H2. The van der Waals surface area contributed by atoms with Gasteiger partial charge in [0.1, 0.15) is 11.5 Å². The highest BCUT2D eigenvalue weighted by molar-refractivity contribution is 5.60. The van der Waals surface area contributed by atoms with E-state index in [1.807, 2.05) is 36.4 Å². The fraction of sp³-hybridized carbons (Fsp3) is 0.0769. The van der Waals surface area contributed by atoms with Crippen LogP contribution in [0.5, 0.6) is 11.5 Å². The van der Waals surface area contributed by atoms with Gasteiger partial charge in [0.2, 0.25) is 0 Å². The molecule has 0 unspecified atom stereocenters. The first-order chi connectivity index (χ1) is 7.34. The van der Waals surface area contributed by atoms with Crippen LogP contribution in [0.2, 0.25) is 0 Å². The van der Waals surface area contributed by atoms with E-state index in [0.717, 1.165) is 29.2 Å². The average Bonchev–Trinajstić information content (AvgIpc) is 2.27. The minimum Gasteiger partial charge on any atom is -0.457 e. The fourth-order valence-electron chi connectivity index (χ4n) is 1.93. The molecule has 0 amide bonds. The van der Waals surface area contributed by atoms with Crippen LogP contribution in [0.25, 0.3) is 0 Å². The number of hydrogen-bond donors (Lipinski definition) is 1. The third-order valence-corrected chi connectivity index (χ3v) is 2.73.